The van der Waals surface area contributed by atoms with Crippen molar-refractivity contribution >= 4 is 27.5 Å². The van der Waals surface area contributed by atoms with Gasteiger partial charge in [-0.15, -0.1) is 6.58 Å². The van der Waals surface area contributed by atoms with E-state index in [9.17, 15) is 4.79 Å². The monoisotopic (exact) mass is 366 g/mol. The first-order valence-corrected chi connectivity index (χ1v) is 9.39. The fourth-order valence-corrected chi connectivity index (χ4v) is 3.75. The van der Waals surface area contributed by atoms with Crippen molar-refractivity contribution in [3.63, 3.8) is 0 Å². The minimum absolute atomic E-state index is 0.0798. The molecule has 0 aliphatic rings. The molecule has 4 nitrogen and oxygen atoms in total. The maximum atomic E-state index is 12.3. The lowest BCUT2D eigenvalue weighted by molar-refractivity contribution is -0.120. The highest BCUT2D eigenvalue weighted by atomic mass is 32.1. The van der Waals surface area contributed by atoms with Crippen LogP contribution in [0, 0.1) is 0 Å². The van der Waals surface area contributed by atoms with Crippen LogP contribution in [0.5, 0.6) is 5.75 Å². The van der Waals surface area contributed by atoms with Gasteiger partial charge in [-0.25, -0.2) is 0 Å². The minimum atomic E-state index is -0.303. The molecule has 0 spiro atoms. The Labute approximate surface area is 157 Å². The van der Waals surface area contributed by atoms with Gasteiger partial charge in [-0.3, -0.25) is 4.79 Å². The van der Waals surface area contributed by atoms with E-state index in [-0.39, 0.29) is 12.5 Å². The number of nitrogens with zero attached hydrogens (tertiary/aromatic N) is 2. The van der Waals surface area contributed by atoms with Gasteiger partial charge in [0, 0.05) is 6.54 Å². The van der Waals surface area contributed by atoms with Crippen LogP contribution in [0.25, 0.3) is 10.2 Å². The Hall–Kier alpha value is -2.66. The summed E-state index contributed by atoms with van der Waals surface area (Å²) in [6.45, 7) is 8.68. The van der Waals surface area contributed by atoms with Gasteiger partial charge in [-0.2, -0.15) is 4.99 Å². The van der Waals surface area contributed by atoms with Crippen LogP contribution in [0.2, 0.25) is 0 Å². The Morgan fingerprint density at radius 1 is 1.27 bits per heavy atom. The molecule has 0 atom stereocenters. The predicted octanol–water partition coefficient (Wildman–Crippen LogP) is 4.52. The number of fused-ring (bicyclic) bond motifs is 1. The number of ether oxygens (including phenoxy) is 1. The summed E-state index contributed by atoms with van der Waals surface area (Å²) in [7, 11) is 0. The van der Waals surface area contributed by atoms with E-state index in [1.807, 2.05) is 41.0 Å². The van der Waals surface area contributed by atoms with Crippen LogP contribution < -0.4 is 9.54 Å². The zero-order valence-corrected chi connectivity index (χ0v) is 15.8. The summed E-state index contributed by atoms with van der Waals surface area (Å²) in [6.07, 6.45) is 1.81. The summed E-state index contributed by atoms with van der Waals surface area (Å²) in [4.78, 5) is 17.2. The third kappa shape index (κ3) is 4.11. The van der Waals surface area contributed by atoms with Crippen molar-refractivity contribution in [2.45, 2.75) is 26.3 Å². The van der Waals surface area contributed by atoms with E-state index in [4.69, 9.17) is 4.74 Å². The average Bonchev–Trinajstić information content (AvgIpc) is 2.97. The van der Waals surface area contributed by atoms with Crippen molar-refractivity contribution in [3.8, 4) is 5.75 Å². The molecule has 1 heterocycles. The number of para-hydroxylation sites is 1. The number of amides is 1. The number of thiazole rings is 1. The maximum absolute atomic E-state index is 12.3. The molecule has 0 aliphatic carbocycles. The van der Waals surface area contributed by atoms with Gasteiger partial charge in [0.05, 0.1) is 10.2 Å². The Bertz CT molecular complexity index is 984. The molecule has 0 aliphatic heterocycles. The van der Waals surface area contributed by atoms with Gasteiger partial charge in [0.1, 0.15) is 5.75 Å². The molecule has 2 aromatic carbocycles. The molecule has 5 heteroatoms. The van der Waals surface area contributed by atoms with Crippen molar-refractivity contribution in [3.05, 3.63) is 71.6 Å². The highest BCUT2D eigenvalue weighted by Crippen LogP contribution is 2.23. The first-order valence-electron chi connectivity index (χ1n) is 8.58. The molecule has 1 aromatic heterocycles. The second-order valence-corrected chi connectivity index (χ2v) is 7.28. The lowest BCUT2D eigenvalue weighted by Crippen LogP contribution is -2.19. The molecule has 0 unspecified atom stereocenters. The Balaban J connectivity index is 1.91. The number of aromatic nitrogens is 1. The van der Waals surface area contributed by atoms with Gasteiger partial charge in [0.2, 0.25) is 0 Å². The number of benzene rings is 2. The van der Waals surface area contributed by atoms with E-state index >= 15 is 0 Å². The fraction of sp³-hybridized carbons (Fsp3) is 0.238. The van der Waals surface area contributed by atoms with E-state index in [2.05, 4.69) is 43.6 Å². The zero-order chi connectivity index (χ0) is 18.5. The van der Waals surface area contributed by atoms with Crippen molar-refractivity contribution < 1.29 is 9.53 Å². The lowest BCUT2D eigenvalue weighted by atomic mass is 10.0. The molecule has 0 bridgehead atoms. The average molecular weight is 366 g/mol. The smallest absolute Gasteiger partial charge is 0.286 e. The standard InChI is InChI=1S/C21H22N2O2S/c1-4-12-23-18-11-10-16(15(2)3)13-19(18)26-21(23)22-20(24)14-25-17-8-6-5-7-9-17/h4-11,13,15H,1,12,14H2,2-3H3. The highest BCUT2D eigenvalue weighted by molar-refractivity contribution is 7.16. The second kappa shape index (κ2) is 8.15. The SMILES string of the molecule is C=CCn1c(=NC(=O)COc2ccccc2)sc2cc(C(C)C)ccc21. The third-order valence-electron chi connectivity index (χ3n) is 4.01. The third-order valence-corrected chi connectivity index (χ3v) is 5.05. The fourth-order valence-electron chi connectivity index (χ4n) is 2.64. The highest BCUT2D eigenvalue weighted by Gasteiger charge is 2.09. The molecular weight excluding hydrogens is 344 g/mol. The normalized spacial score (nSPS) is 11.9. The second-order valence-electron chi connectivity index (χ2n) is 6.27. The Kier molecular flexibility index (Phi) is 5.68. The van der Waals surface area contributed by atoms with Crippen LogP contribution in [0.1, 0.15) is 25.3 Å². The molecule has 26 heavy (non-hydrogen) atoms. The van der Waals surface area contributed by atoms with Gasteiger partial charge in [0.25, 0.3) is 5.91 Å². The number of allylic oxidation sites excluding steroid dienone is 1. The maximum Gasteiger partial charge on any atom is 0.286 e. The topological polar surface area (TPSA) is 43.6 Å². The summed E-state index contributed by atoms with van der Waals surface area (Å²) in [6, 6.07) is 15.7. The molecule has 3 rings (SSSR count). The van der Waals surface area contributed by atoms with E-state index in [0.29, 0.717) is 23.0 Å². The van der Waals surface area contributed by atoms with Gasteiger partial charge < -0.3 is 9.30 Å². The van der Waals surface area contributed by atoms with Crippen molar-refractivity contribution in [1.82, 2.24) is 4.57 Å². The molecule has 134 valence electrons. The first kappa shape index (κ1) is 18.1. The van der Waals surface area contributed by atoms with Gasteiger partial charge in [-0.05, 0) is 35.7 Å². The van der Waals surface area contributed by atoms with Crippen molar-refractivity contribution in [2.24, 2.45) is 4.99 Å². The molecule has 0 N–H and O–H groups in total. The minimum Gasteiger partial charge on any atom is -0.484 e. The van der Waals surface area contributed by atoms with E-state index in [1.165, 1.54) is 16.9 Å². The molecule has 0 radical (unpaired) electrons. The number of hydrogen-bond acceptors (Lipinski definition) is 3. The summed E-state index contributed by atoms with van der Waals surface area (Å²) in [5, 5.41) is 0. The summed E-state index contributed by atoms with van der Waals surface area (Å²) in [5.41, 5.74) is 2.34. The number of hydrogen-bond donors (Lipinski definition) is 0. The number of rotatable bonds is 6. The molecule has 1 amide bonds. The number of carbonyl (C=O) groups excluding carboxylic acids is 1. The van der Waals surface area contributed by atoms with Gasteiger partial charge in [-0.1, -0.05) is 55.5 Å². The van der Waals surface area contributed by atoms with Crippen LogP contribution in [0.4, 0.5) is 0 Å². The van der Waals surface area contributed by atoms with E-state index in [1.54, 1.807) is 0 Å². The van der Waals surface area contributed by atoms with Crippen LogP contribution in [0.3, 0.4) is 0 Å². The lowest BCUT2D eigenvalue weighted by Gasteiger charge is -2.06. The molecule has 0 saturated heterocycles. The van der Waals surface area contributed by atoms with Gasteiger partial charge >= 0.3 is 0 Å². The quantitative estimate of drug-likeness (QED) is 0.602. The zero-order valence-electron chi connectivity index (χ0n) is 15.0. The van der Waals surface area contributed by atoms with Crippen LogP contribution >= 0.6 is 11.3 Å². The molecular formula is C21H22N2O2S. The Morgan fingerprint density at radius 3 is 2.73 bits per heavy atom. The summed E-state index contributed by atoms with van der Waals surface area (Å²) in [5.74, 6) is 0.811. The summed E-state index contributed by atoms with van der Waals surface area (Å²) < 4.78 is 8.63. The molecule has 3 aromatic rings. The molecule has 0 saturated carbocycles. The van der Waals surface area contributed by atoms with Crippen LogP contribution in [0.15, 0.2) is 66.2 Å². The summed E-state index contributed by atoms with van der Waals surface area (Å²) >= 11 is 1.52. The van der Waals surface area contributed by atoms with E-state index < -0.39 is 0 Å². The van der Waals surface area contributed by atoms with E-state index in [0.717, 1.165) is 10.2 Å². The number of carbonyl (C=O) groups is 1. The van der Waals surface area contributed by atoms with Crippen LogP contribution in [-0.2, 0) is 11.3 Å². The predicted molar refractivity (Wildman–Crippen MR) is 107 cm³/mol. The first-order chi connectivity index (χ1) is 12.6. The Morgan fingerprint density at radius 2 is 2.04 bits per heavy atom. The van der Waals surface area contributed by atoms with Crippen molar-refractivity contribution in [2.75, 3.05) is 6.61 Å². The van der Waals surface area contributed by atoms with Crippen LogP contribution in [-0.4, -0.2) is 17.1 Å². The van der Waals surface area contributed by atoms with Crippen molar-refractivity contribution in [1.29, 1.82) is 0 Å². The molecule has 0 fully saturated rings. The van der Waals surface area contributed by atoms with Gasteiger partial charge in [0.15, 0.2) is 11.4 Å². The largest absolute Gasteiger partial charge is 0.484 e.